The third kappa shape index (κ3) is 1.91. The molecule has 0 aromatic heterocycles. The lowest BCUT2D eigenvalue weighted by atomic mass is 9.79. The van der Waals surface area contributed by atoms with E-state index in [9.17, 15) is 0 Å². The van der Waals surface area contributed by atoms with E-state index in [4.69, 9.17) is 10.00 Å². The van der Waals surface area contributed by atoms with Crippen LogP contribution in [0.2, 0.25) is 0 Å². The maximum atomic E-state index is 9.14. The molecule has 0 saturated carbocycles. The predicted octanol–water partition coefficient (Wildman–Crippen LogP) is 3.53. The number of rotatable bonds is 0. The number of hydrogen-bond donors (Lipinski definition) is 0. The van der Waals surface area contributed by atoms with E-state index in [2.05, 4.69) is 40.7 Å². The first kappa shape index (κ1) is 12.0. The Balaban J connectivity index is 2.72. The third-order valence-corrected chi connectivity index (χ3v) is 3.33. The summed E-state index contributed by atoms with van der Waals surface area (Å²) in [7, 11) is 0. The van der Waals surface area contributed by atoms with Crippen molar-refractivity contribution in [1.82, 2.24) is 0 Å². The van der Waals surface area contributed by atoms with Gasteiger partial charge in [0.1, 0.15) is 5.75 Å². The quantitative estimate of drug-likeness (QED) is 0.682. The molecule has 0 fully saturated rings. The van der Waals surface area contributed by atoms with Crippen LogP contribution in [0.1, 0.15) is 51.3 Å². The summed E-state index contributed by atoms with van der Waals surface area (Å²) < 4.78 is 5.86. The van der Waals surface area contributed by atoms with E-state index in [0.717, 1.165) is 16.9 Å². The summed E-state index contributed by atoms with van der Waals surface area (Å²) in [5.41, 5.74) is 3.03. The molecule has 2 rings (SSSR count). The zero-order valence-electron chi connectivity index (χ0n) is 11.2. The molecule has 2 heteroatoms. The van der Waals surface area contributed by atoms with Gasteiger partial charge in [-0.1, -0.05) is 34.6 Å². The second-order valence-corrected chi connectivity index (χ2v) is 6.43. The Morgan fingerprint density at radius 3 is 2.47 bits per heavy atom. The van der Waals surface area contributed by atoms with Crippen molar-refractivity contribution in [1.29, 1.82) is 5.26 Å². The molecule has 1 aromatic carbocycles. The summed E-state index contributed by atoms with van der Waals surface area (Å²) in [5, 5.41) is 9.14. The summed E-state index contributed by atoms with van der Waals surface area (Å²) in [6.07, 6.45) is 0. The predicted molar refractivity (Wildman–Crippen MR) is 68.4 cm³/mol. The number of benzene rings is 1. The van der Waals surface area contributed by atoms with Crippen molar-refractivity contribution in [3.8, 4) is 11.8 Å². The molecular formula is C15H19NO. The Hall–Kier alpha value is -1.49. The number of hydrogen-bond acceptors (Lipinski definition) is 2. The molecule has 0 radical (unpaired) electrons. The number of fused-ring (bicyclic) bond motifs is 1. The first-order valence-electron chi connectivity index (χ1n) is 5.97. The van der Waals surface area contributed by atoms with Crippen LogP contribution in [0.3, 0.4) is 0 Å². The standard InChI is InChI=1S/C15H19NO/c1-14(2,3)11-6-10(8-16)7-12-13(11)17-9-15(12,4)5/h6-7H,9H2,1-5H3. The van der Waals surface area contributed by atoms with Crippen LogP contribution in [-0.4, -0.2) is 6.61 Å². The maximum absolute atomic E-state index is 9.14. The normalized spacial score (nSPS) is 17.2. The van der Waals surface area contributed by atoms with Crippen LogP contribution >= 0.6 is 0 Å². The molecule has 2 nitrogen and oxygen atoms in total. The lowest BCUT2D eigenvalue weighted by molar-refractivity contribution is 0.286. The topological polar surface area (TPSA) is 33.0 Å². The lowest BCUT2D eigenvalue weighted by Gasteiger charge is -2.23. The number of nitriles is 1. The van der Waals surface area contributed by atoms with Crippen molar-refractivity contribution in [2.75, 3.05) is 6.61 Å². The van der Waals surface area contributed by atoms with Gasteiger partial charge in [0.05, 0.1) is 18.2 Å². The Labute approximate surface area is 103 Å². The second-order valence-electron chi connectivity index (χ2n) is 6.43. The minimum absolute atomic E-state index is 0.00218. The Morgan fingerprint density at radius 1 is 1.29 bits per heavy atom. The summed E-state index contributed by atoms with van der Waals surface area (Å²) in [6, 6.07) is 6.18. The molecule has 90 valence electrons. The van der Waals surface area contributed by atoms with Crippen molar-refractivity contribution in [3.05, 3.63) is 28.8 Å². The molecule has 0 amide bonds. The van der Waals surface area contributed by atoms with Crippen LogP contribution in [-0.2, 0) is 10.8 Å². The van der Waals surface area contributed by atoms with Crippen LogP contribution < -0.4 is 4.74 Å². The molecule has 0 bridgehead atoms. The highest BCUT2D eigenvalue weighted by Gasteiger charge is 2.36. The molecule has 1 aliphatic rings. The van der Waals surface area contributed by atoms with E-state index in [1.807, 2.05) is 12.1 Å². The van der Waals surface area contributed by atoms with Gasteiger partial charge in [0.25, 0.3) is 0 Å². The van der Waals surface area contributed by atoms with E-state index < -0.39 is 0 Å². The summed E-state index contributed by atoms with van der Waals surface area (Å²) >= 11 is 0. The zero-order chi connectivity index (χ0) is 12.8. The van der Waals surface area contributed by atoms with Gasteiger partial charge in [0.15, 0.2) is 0 Å². The van der Waals surface area contributed by atoms with Crippen LogP contribution in [0, 0.1) is 11.3 Å². The summed E-state index contributed by atoms with van der Waals surface area (Å²) in [5.74, 6) is 0.988. The molecule has 0 atom stereocenters. The van der Waals surface area contributed by atoms with E-state index in [0.29, 0.717) is 6.61 Å². The fourth-order valence-corrected chi connectivity index (χ4v) is 2.24. The molecule has 0 unspecified atom stereocenters. The van der Waals surface area contributed by atoms with Gasteiger partial charge < -0.3 is 4.74 Å². The molecule has 1 aliphatic heterocycles. The Kier molecular flexibility index (Phi) is 2.47. The summed E-state index contributed by atoms with van der Waals surface area (Å²) in [6.45, 7) is 11.5. The van der Waals surface area contributed by atoms with E-state index in [-0.39, 0.29) is 10.8 Å². The highest BCUT2D eigenvalue weighted by atomic mass is 16.5. The minimum atomic E-state index is -0.00262. The van der Waals surface area contributed by atoms with Gasteiger partial charge in [0.2, 0.25) is 0 Å². The molecule has 1 heterocycles. The van der Waals surface area contributed by atoms with Crippen molar-refractivity contribution < 1.29 is 4.74 Å². The molecule has 0 aliphatic carbocycles. The maximum Gasteiger partial charge on any atom is 0.127 e. The van der Waals surface area contributed by atoms with Gasteiger partial charge in [0, 0.05) is 16.5 Å². The average molecular weight is 229 g/mol. The van der Waals surface area contributed by atoms with Crippen LogP contribution in [0.15, 0.2) is 12.1 Å². The first-order valence-corrected chi connectivity index (χ1v) is 5.97. The highest BCUT2D eigenvalue weighted by molar-refractivity contribution is 5.55. The van der Waals surface area contributed by atoms with Gasteiger partial charge in [-0.05, 0) is 17.5 Å². The zero-order valence-corrected chi connectivity index (χ0v) is 11.2. The van der Waals surface area contributed by atoms with Gasteiger partial charge in [-0.25, -0.2) is 0 Å². The second kappa shape index (κ2) is 3.50. The average Bonchev–Trinajstić information content (AvgIpc) is 2.52. The Morgan fingerprint density at radius 2 is 1.94 bits per heavy atom. The van der Waals surface area contributed by atoms with Crippen LogP contribution in [0.25, 0.3) is 0 Å². The number of ether oxygens (including phenoxy) is 1. The molecule has 0 spiro atoms. The van der Waals surface area contributed by atoms with Gasteiger partial charge in [-0.15, -0.1) is 0 Å². The molecular weight excluding hydrogens is 210 g/mol. The van der Waals surface area contributed by atoms with Crippen LogP contribution in [0.4, 0.5) is 0 Å². The van der Waals surface area contributed by atoms with Gasteiger partial charge >= 0.3 is 0 Å². The van der Waals surface area contributed by atoms with Crippen molar-refractivity contribution in [2.45, 2.75) is 45.4 Å². The fourth-order valence-electron chi connectivity index (χ4n) is 2.24. The monoisotopic (exact) mass is 229 g/mol. The molecule has 0 N–H and O–H groups in total. The number of nitrogens with zero attached hydrogens (tertiary/aromatic N) is 1. The third-order valence-electron chi connectivity index (χ3n) is 3.33. The van der Waals surface area contributed by atoms with Crippen molar-refractivity contribution >= 4 is 0 Å². The molecule has 17 heavy (non-hydrogen) atoms. The van der Waals surface area contributed by atoms with Crippen molar-refractivity contribution in [2.24, 2.45) is 0 Å². The first-order chi connectivity index (χ1) is 7.75. The van der Waals surface area contributed by atoms with Gasteiger partial charge in [-0.2, -0.15) is 5.26 Å². The molecule has 1 aromatic rings. The Bertz CT molecular complexity index is 501. The SMILES string of the molecule is CC(C)(C)c1cc(C#N)cc2c1OCC2(C)C. The van der Waals surface area contributed by atoms with Crippen molar-refractivity contribution in [3.63, 3.8) is 0 Å². The summed E-state index contributed by atoms with van der Waals surface area (Å²) in [4.78, 5) is 0. The van der Waals surface area contributed by atoms with E-state index >= 15 is 0 Å². The smallest absolute Gasteiger partial charge is 0.127 e. The lowest BCUT2D eigenvalue weighted by Crippen LogP contribution is -2.18. The van der Waals surface area contributed by atoms with E-state index in [1.165, 1.54) is 5.56 Å². The highest BCUT2D eigenvalue weighted by Crippen LogP contribution is 2.45. The van der Waals surface area contributed by atoms with Crippen LogP contribution in [0.5, 0.6) is 5.75 Å². The minimum Gasteiger partial charge on any atom is -0.492 e. The molecule has 0 saturated heterocycles. The van der Waals surface area contributed by atoms with E-state index in [1.54, 1.807) is 0 Å². The fraction of sp³-hybridized carbons (Fsp3) is 0.533. The van der Waals surface area contributed by atoms with Gasteiger partial charge in [-0.3, -0.25) is 0 Å². The largest absolute Gasteiger partial charge is 0.492 e.